The number of aromatic nitrogens is 2. The summed E-state index contributed by atoms with van der Waals surface area (Å²) in [6.07, 6.45) is 3.93. The topological polar surface area (TPSA) is 38.2 Å². The molecule has 114 valence electrons. The van der Waals surface area contributed by atoms with Crippen molar-refractivity contribution in [1.29, 1.82) is 0 Å². The Balaban J connectivity index is 1.89. The van der Waals surface area contributed by atoms with Crippen molar-refractivity contribution in [3.63, 3.8) is 0 Å². The van der Waals surface area contributed by atoms with Gasteiger partial charge in [0.15, 0.2) is 5.13 Å². The second kappa shape index (κ2) is 6.24. The van der Waals surface area contributed by atoms with Crippen LogP contribution in [0.4, 0.5) is 5.13 Å². The first-order valence-corrected chi connectivity index (χ1v) is 8.54. The molecule has 0 atom stereocenters. The molecule has 0 spiro atoms. The maximum atomic E-state index is 6.16. The van der Waals surface area contributed by atoms with E-state index in [0.29, 0.717) is 5.15 Å². The first-order valence-electron chi connectivity index (χ1n) is 6.53. The molecule has 1 aromatic carbocycles. The molecule has 3 rings (SSSR count). The Labute approximate surface area is 141 Å². The molecule has 7 heteroatoms. The predicted octanol–water partition coefficient (Wildman–Crippen LogP) is 4.65. The molecule has 0 aliphatic carbocycles. The molecule has 2 heterocycles. The summed E-state index contributed by atoms with van der Waals surface area (Å²) in [5, 5.41) is 2.34. The molecule has 0 radical (unpaired) electrons. The SMILES string of the molecule is COc1ccc2nc(C=Cc3sc(N(C)C)nc3Cl)sc2c1. The minimum Gasteiger partial charge on any atom is -0.497 e. The molecule has 0 N–H and O–H groups in total. The Kier molecular flexibility index (Phi) is 4.33. The molecule has 22 heavy (non-hydrogen) atoms. The minimum absolute atomic E-state index is 0.521. The van der Waals surface area contributed by atoms with Gasteiger partial charge in [0, 0.05) is 14.1 Å². The largest absolute Gasteiger partial charge is 0.497 e. The summed E-state index contributed by atoms with van der Waals surface area (Å²) in [6.45, 7) is 0. The van der Waals surface area contributed by atoms with Crippen molar-refractivity contribution in [3.05, 3.63) is 33.2 Å². The molecule has 4 nitrogen and oxygen atoms in total. The van der Waals surface area contributed by atoms with Crippen LogP contribution in [0.15, 0.2) is 18.2 Å². The zero-order chi connectivity index (χ0) is 15.7. The molecule has 2 aromatic heterocycles. The van der Waals surface area contributed by atoms with E-state index in [1.54, 1.807) is 29.8 Å². The van der Waals surface area contributed by atoms with Crippen molar-refractivity contribution < 1.29 is 4.74 Å². The maximum Gasteiger partial charge on any atom is 0.186 e. The molecule has 0 fully saturated rings. The van der Waals surface area contributed by atoms with Crippen LogP contribution in [0.2, 0.25) is 5.15 Å². The van der Waals surface area contributed by atoms with Gasteiger partial charge in [0.05, 0.1) is 22.2 Å². The van der Waals surface area contributed by atoms with Crippen LogP contribution < -0.4 is 9.64 Å². The van der Waals surface area contributed by atoms with Crippen LogP contribution in [-0.4, -0.2) is 31.2 Å². The van der Waals surface area contributed by atoms with Gasteiger partial charge in [0.1, 0.15) is 15.9 Å². The third kappa shape index (κ3) is 3.09. The molecule has 0 amide bonds. The lowest BCUT2D eigenvalue weighted by molar-refractivity contribution is 0.415. The Morgan fingerprint density at radius 2 is 2.00 bits per heavy atom. The second-order valence-electron chi connectivity index (χ2n) is 4.77. The molecule has 0 aliphatic rings. The maximum absolute atomic E-state index is 6.16. The summed E-state index contributed by atoms with van der Waals surface area (Å²) < 4.78 is 6.33. The molecule has 3 aromatic rings. The van der Waals surface area contributed by atoms with Gasteiger partial charge in [-0.2, -0.15) is 0 Å². The van der Waals surface area contributed by atoms with Gasteiger partial charge in [0.2, 0.25) is 0 Å². The number of benzene rings is 1. The van der Waals surface area contributed by atoms with E-state index < -0.39 is 0 Å². The van der Waals surface area contributed by atoms with Crippen LogP contribution in [0.3, 0.4) is 0 Å². The fourth-order valence-electron chi connectivity index (χ4n) is 1.86. The fourth-order valence-corrected chi connectivity index (χ4v) is 3.85. The van der Waals surface area contributed by atoms with Crippen molar-refractivity contribution in [2.24, 2.45) is 0 Å². The smallest absolute Gasteiger partial charge is 0.186 e. The van der Waals surface area contributed by atoms with Crippen molar-refractivity contribution >= 4 is 61.8 Å². The normalized spacial score (nSPS) is 11.5. The second-order valence-corrected chi connectivity index (χ2v) is 7.19. The quantitative estimate of drug-likeness (QED) is 0.685. The highest BCUT2D eigenvalue weighted by molar-refractivity contribution is 7.19. The van der Waals surface area contributed by atoms with Crippen LogP contribution in [0.5, 0.6) is 5.75 Å². The highest BCUT2D eigenvalue weighted by atomic mass is 35.5. The third-order valence-corrected chi connectivity index (χ3v) is 5.54. The van der Waals surface area contributed by atoms with Crippen molar-refractivity contribution in [2.45, 2.75) is 0 Å². The number of thiazole rings is 2. The molecule has 0 saturated heterocycles. The van der Waals surface area contributed by atoms with Gasteiger partial charge in [-0.1, -0.05) is 22.9 Å². The Morgan fingerprint density at radius 3 is 2.68 bits per heavy atom. The summed E-state index contributed by atoms with van der Waals surface area (Å²) in [4.78, 5) is 11.8. The van der Waals surface area contributed by atoms with Crippen molar-refractivity contribution in [2.75, 3.05) is 26.1 Å². The number of halogens is 1. The van der Waals surface area contributed by atoms with Gasteiger partial charge >= 0.3 is 0 Å². The van der Waals surface area contributed by atoms with E-state index in [9.17, 15) is 0 Å². The average Bonchev–Trinajstić information content (AvgIpc) is 3.07. The Morgan fingerprint density at radius 1 is 1.18 bits per heavy atom. The Hall–Kier alpha value is -1.63. The molecular weight excluding hydrogens is 338 g/mol. The Bertz CT molecular complexity index is 839. The predicted molar refractivity (Wildman–Crippen MR) is 96.6 cm³/mol. The van der Waals surface area contributed by atoms with E-state index in [1.807, 2.05) is 49.3 Å². The number of fused-ring (bicyclic) bond motifs is 1. The van der Waals surface area contributed by atoms with E-state index in [0.717, 1.165) is 31.0 Å². The number of anilines is 1. The fraction of sp³-hybridized carbons (Fsp3) is 0.200. The summed E-state index contributed by atoms with van der Waals surface area (Å²) >= 11 is 9.33. The van der Waals surface area contributed by atoms with Crippen LogP contribution in [-0.2, 0) is 0 Å². The van der Waals surface area contributed by atoms with E-state index in [2.05, 4.69) is 9.97 Å². The summed E-state index contributed by atoms with van der Waals surface area (Å²) in [6, 6.07) is 5.87. The van der Waals surface area contributed by atoms with E-state index in [4.69, 9.17) is 16.3 Å². The van der Waals surface area contributed by atoms with Gasteiger partial charge in [-0.05, 0) is 30.4 Å². The van der Waals surface area contributed by atoms with Crippen LogP contribution >= 0.6 is 34.3 Å². The first kappa shape index (κ1) is 15.3. The van der Waals surface area contributed by atoms with Crippen LogP contribution in [0.1, 0.15) is 9.88 Å². The third-order valence-electron chi connectivity index (χ3n) is 2.97. The van der Waals surface area contributed by atoms with Gasteiger partial charge in [-0.25, -0.2) is 9.97 Å². The van der Waals surface area contributed by atoms with E-state index in [-0.39, 0.29) is 0 Å². The van der Waals surface area contributed by atoms with Crippen molar-refractivity contribution in [1.82, 2.24) is 9.97 Å². The molecule has 0 aliphatic heterocycles. The number of nitrogens with zero attached hydrogens (tertiary/aromatic N) is 3. The van der Waals surface area contributed by atoms with Gasteiger partial charge in [0.25, 0.3) is 0 Å². The molecule has 0 unspecified atom stereocenters. The lowest BCUT2D eigenvalue weighted by Crippen LogP contribution is -2.07. The number of ether oxygens (including phenoxy) is 1. The van der Waals surface area contributed by atoms with Gasteiger partial charge in [-0.3, -0.25) is 0 Å². The van der Waals surface area contributed by atoms with Crippen molar-refractivity contribution in [3.8, 4) is 5.75 Å². The lowest BCUT2D eigenvalue weighted by Gasteiger charge is -2.04. The standard InChI is InChI=1S/C15H14ClN3OS2/c1-19(2)15-18-14(16)11(22-15)6-7-13-17-10-5-4-9(20-3)8-12(10)21-13/h4-8H,1-3H3. The highest BCUT2D eigenvalue weighted by Gasteiger charge is 2.08. The lowest BCUT2D eigenvalue weighted by atomic mass is 10.3. The molecule has 0 saturated carbocycles. The number of hydrogen-bond donors (Lipinski definition) is 0. The number of hydrogen-bond acceptors (Lipinski definition) is 6. The highest BCUT2D eigenvalue weighted by Crippen LogP contribution is 2.31. The summed E-state index contributed by atoms with van der Waals surface area (Å²) in [5.74, 6) is 0.841. The minimum atomic E-state index is 0.521. The monoisotopic (exact) mass is 351 g/mol. The van der Waals surface area contributed by atoms with E-state index >= 15 is 0 Å². The molecule has 0 bridgehead atoms. The number of rotatable bonds is 4. The van der Waals surface area contributed by atoms with Crippen LogP contribution in [0.25, 0.3) is 22.4 Å². The zero-order valence-corrected chi connectivity index (χ0v) is 14.7. The summed E-state index contributed by atoms with van der Waals surface area (Å²) in [7, 11) is 5.56. The van der Waals surface area contributed by atoms with Gasteiger partial charge in [-0.15, -0.1) is 11.3 Å². The van der Waals surface area contributed by atoms with Crippen LogP contribution in [0, 0.1) is 0 Å². The average molecular weight is 352 g/mol. The first-order chi connectivity index (χ1) is 10.6. The summed E-state index contributed by atoms with van der Waals surface area (Å²) in [5.41, 5.74) is 0.967. The molecular formula is C15H14ClN3OS2. The zero-order valence-electron chi connectivity index (χ0n) is 12.3. The number of methoxy groups -OCH3 is 1. The van der Waals surface area contributed by atoms with Gasteiger partial charge < -0.3 is 9.64 Å². The van der Waals surface area contributed by atoms with E-state index in [1.165, 1.54) is 0 Å².